The zero-order chi connectivity index (χ0) is 49.7. The van der Waals surface area contributed by atoms with Gasteiger partial charge in [0.25, 0.3) is 0 Å². The second-order valence-electron chi connectivity index (χ2n) is 13.9. The first-order valence-electron chi connectivity index (χ1n) is 25.3. The van der Waals surface area contributed by atoms with Gasteiger partial charge in [-0.2, -0.15) is 0 Å². The first-order chi connectivity index (χ1) is 34.2. The second kappa shape index (κ2) is 14.1. The van der Waals surface area contributed by atoms with Gasteiger partial charge < -0.3 is 9.32 Å². The van der Waals surface area contributed by atoms with Crippen molar-refractivity contribution in [2.75, 3.05) is 4.90 Å². The lowest BCUT2D eigenvalue weighted by molar-refractivity contribution is 0.673. The Labute approximate surface area is 355 Å². The summed E-state index contributed by atoms with van der Waals surface area (Å²) >= 11 is 0. The van der Waals surface area contributed by atoms with Gasteiger partial charge in [0.1, 0.15) is 11.2 Å². The summed E-state index contributed by atoms with van der Waals surface area (Å²) in [6.07, 6.45) is 0. The average Bonchev–Trinajstić information content (AvgIpc) is 3.79. The largest absolute Gasteiger partial charge is 0.455 e. The molecule has 0 saturated carbocycles. The van der Waals surface area contributed by atoms with E-state index < -0.39 is 101 Å². The van der Waals surface area contributed by atoms with Gasteiger partial charge in [-0.25, -0.2) is 0 Å². The van der Waals surface area contributed by atoms with Gasteiger partial charge in [-0.1, -0.05) is 176 Å². The van der Waals surface area contributed by atoms with Crippen molar-refractivity contribution in [1.82, 2.24) is 0 Å². The zero-order valence-electron chi connectivity index (χ0n) is 43.7. The van der Waals surface area contributed by atoms with Crippen molar-refractivity contribution in [2.45, 2.75) is 0 Å². The monoisotopic (exact) mass is 752 g/mol. The van der Waals surface area contributed by atoms with Crippen molar-refractivity contribution in [1.29, 1.82) is 0 Å². The van der Waals surface area contributed by atoms with Crippen LogP contribution in [-0.4, -0.2) is 0 Å². The van der Waals surface area contributed by atoms with Crippen molar-refractivity contribution in [3.05, 3.63) is 224 Å². The van der Waals surface area contributed by atoms with E-state index in [-0.39, 0.29) is 5.69 Å². The summed E-state index contributed by atoms with van der Waals surface area (Å²) in [7, 11) is 0. The third kappa shape index (κ3) is 5.91. The number of nitrogens with zero attached hydrogens (tertiary/aromatic N) is 1. The lowest BCUT2D eigenvalue weighted by atomic mass is 9.95. The van der Waals surface area contributed by atoms with Gasteiger partial charge in [-0.15, -0.1) is 0 Å². The van der Waals surface area contributed by atoms with Crippen LogP contribution in [0.3, 0.4) is 0 Å². The Morgan fingerprint density at radius 3 is 1.81 bits per heavy atom. The minimum atomic E-state index is -0.782. The number of hydrogen-bond donors (Lipinski definition) is 0. The molecule has 272 valence electrons. The van der Waals surface area contributed by atoms with Crippen LogP contribution in [0.5, 0.6) is 0 Å². The molecule has 2 nitrogen and oxygen atoms in total. The summed E-state index contributed by atoms with van der Waals surface area (Å²) in [5, 5.41) is 5.75. The Balaban J connectivity index is 1.16. The molecule has 11 rings (SSSR count). The normalized spacial score (nSPS) is 14.6. The van der Waals surface area contributed by atoms with Gasteiger partial charge in [0, 0.05) is 33.1 Å². The van der Waals surface area contributed by atoms with Gasteiger partial charge in [0.2, 0.25) is 0 Å². The number of hydrogen-bond acceptors (Lipinski definition) is 2. The minimum Gasteiger partial charge on any atom is -0.455 e. The molecule has 0 saturated heterocycles. The van der Waals surface area contributed by atoms with E-state index in [1.165, 1.54) is 0 Å². The summed E-state index contributed by atoms with van der Waals surface area (Å²) < 4.78 is 123. The van der Waals surface area contributed by atoms with Gasteiger partial charge >= 0.3 is 0 Å². The van der Waals surface area contributed by atoms with Crippen LogP contribution in [0.4, 0.5) is 17.1 Å². The Kier molecular flexibility index (Phi) is 5.54. The van der Waals surface area contributed by atoms with Crippen molar-refractivity contribution in [3.8, 4) is 44.5 Å². The van der Waals surface area contributed by atoms with Gasteiger partial charge in [-0.3, -0.25) is 0 Å². The molecule has 0 amide bonds. The second-order valence-corrected chi connectivity index (χ2v) is 13.9. The number of furan rings is 1. The van der Waals surface area contributed by atoms with Crippen LogP contribution in [0.2, 0.25) is 0 Å². The molecule has 58 heavy (non-hydrogen) atoms. The molecule has 0 aliphatic rings. The number of benzene rings is 10. The standard InChI is InChI=1S/C56H37NO/c1-2-12-38(13-3-1)40-24-26-41(27-25-40)42-30-33-47(34-31-42)57(48-18-10-17-45(37-48)46-29-28-39-14-4-5-16-44(39)36-46)53-22-9-8-20-50(53)51-21-11-23-54-55(51)52-35-32-43-15-6-7-19-49(43)56(52)58-54/h1-37H/i1D,2D,3D,12D,13D,24D,25D,26D,27D,30D,31D,33D,34D. The Hall–Kier alpha value is -7.68. The molecule has 2 heteroatoms. The molecule has 0 N–H and O–H groups in total. The highest BCUT2D eigenvalue weighted by atomic mass is 16.3. The molecule has 0 spiro atoms. The van der Waals surface area contributed by atoms with Crippen molar-refractivity contribution < 1.29 is 22.2 Å². The molecule has 1 aromatic heterocycles. The van der Waals surface area contributed by atoms with Crippen LogP contribution < -0.4 is 4.90 Å². The first kappa shape index (κ1) is 22.8. The predicted molar refractivity (Wildman–Crippen MR) is 245 cm³/mol. The fraction of sp³-hybridized carbons (Fsp3) is 0. The number of fused-ring (bicyclic) bond motifs is 6. The van der Waals surface area contributed by atoms with Crippen molar-refractivity contribution in [2.24, 2.45) is 0 Å². The summed E-state index contributed by atoms with van der Waals surface area (Å²) in [6, 6.07) is 37.9. The highest BCUT2D eigenvalue weighted by Crippen LogP contribution is 2.46. The number of anilines is 3. The van der Waals surface area contributed by atoms with E-state index in [2.05, 4.69) is 6.07 Å². The fourth-order valence-electron chi connectivity index (χ4n) is 7.74. The maximum Gasteiger partial charge on any atom is 0.143 e. The van der Waals surface area contributed by atoms with Crippen LogP contribution in [-0.2, 0) is 0 Å². The Morgan fingerprint density at radius 1 is 0.379 bits per heavy atom. The molecule has 1 heterocycles. The summed E-state index contributed by atoms with van der Waals surface area (Å²) in [5.74, 6) is 0. The van der Waals surface area contributed by atoms with E-state index in [1.807, 2.05) is 140 Å². The van der Waals surface area contributed by atoms with Crippen LogP contribution in [0.25, 0.3) is 88.0 Å². The smallest absolute Gasteiger partial charge is 0.143 e. The quantitative estimate of drug-likeness (QED) is 0.161. The Morgan fingerprint density at radius 2 is 1.00 bits per heavy atom. The third-order valence-corrected chi connectivity index (χ3v) is 10.5. The Bertz CT molecular complexity index is 3990. The molecule has 0 atom stereocenters. The maximum absolute atomic E-state index is 9.80. The number of rotatable bonds is 7. The molecular weight excluding hydrogens is 703 g/mol. The lowest BCUT2D eigenvalue weighted by Gasteiger charge is -2.28. The third-order valence-electron chi connectivity index (χ3n) is 10.5. The van der Waals surface area contributed by atoms with Crippen LogP contribution in [0, 0.1) is 0 Å². The molecule has 0 bridgehead atoms. The SMILES string of the molecule is [2H]c1c([2H])c([2H])c(-c2c([2H])c([2H])c(-c3c([2H])c([2H])c(N(c4cccc(-c5ccc6ccccc6c5)c4)c4ccccc4-c4cccc5oc6c7ccccc7ccc6c45)c([2H])c3[2H])c([2H])c2[2H])c([2H])c1[2H]. The van der Waals surface area contributed by atoms with Crippen LogP contribution in [0.1, 0.15) is 17.8 Å². The molecule has 0 fully saturated rings. The van der Waals surface area contributed by atoms with E-state index in [1.54, 1.807) is 4.90 Å². The molecule has 11 aromatic rings. The number of para-hydroxylation sites is 1. The van der Waals surface area contributed by atoms with Gasteiger partial charge in [0.15, 0.2) is 0 Å². The molecule has 0 aliphatic heterocycles. The van der Waals surface area contributed by atoms with Crippen LogP contribution in [0.15, 0.2) is 229 Å². The molecular formula is C56H37NO. The highest BCUT2D eigenvalue weighted by molar-refractivity contribution is 6.19. The molecule has 10 aromatic carbocycles. The molecule has 0 radical (unpaired) electrons. The summed E-state index contributed by atoms with van der Waals surface area (Å²) in [6.45, 7) is 0. The minimum absolute atomic E-state index is 0.159. The van der Waals surface area contributed by atoms with Gasteiger partial charge in [0.05, 0.1) is 23.5 Å². The highest BCUT2D eigenvalue weighted by Gasteiger charge is 2.21. The van der Waals surface area contributed by atoms with Crippen molar-refractivity contribution >= 4 is 60.5 Å². The first-order valence-corrected chi connectivity index (χ1v) is 18.8. The molecule has 0 aliphatic carbocycles. The van der Waals surface area contributed by atoms with Crippen molar-refractivity contribution in [3.63, 3.8) is 0 Å². The average molecular weight is 753 g/mol. The van der Waals surface area contributed by atoms with E-state index in [9.17, 15) is 8.22 Å². The maximum atomic E-state index is 9.80. The summed E-state index contributed by atoms with van der Waals surface area (Å²) in [5.41, 5.74) is 3.17. The van der Waals surface area contributed by atoms with Crippen LogP contribution >= 0.6 is 0 Å². The van der Waals surface area contributed by atoms with E-state index in [4.69, 9.17) is 14.0 Å². The zero-order valence-corrected chi connectivity index (χ0v) is 30.7. The van der Waals surface area contributed by atoms with E-state index in [0.717, 1.165) is 49.0 Å². The van der Waals surface area contributed by atoms with E-state index >= 15 is 0 Å². The fourth-order valence-corrected chi connectivity index (χ4v) is 7.74. The molecule has 0 unspecified atom stereocenters. The van der Waals surface area contributed by atoms with Gasteiger partial charge in [-0.05, 0) is 104 Å². The topological polar surface area (TPSA) is 16.4 Å². The predicted octanol–water partition coefficient (Wildman–Crippen LogP) is 16.0. The summed E-state index contributed by atoms with van der Waals surface area (Å²) in [4.78, 5) is 1.68. The lowest BCUT2D eigenvalue weighted by Crippen LogP contribution is -2.11. The van der Waals surface area contributed by atoms with E-state index in [0.29, 0.717) is 28.1 Å².